The van der Waals surface area contributed by atoms with E-state index in [1.54, 1.807) is 18.2 Å². The minimum Gasteiger partial charge on any atom is -0.350 e. The van der Waals surface area contributed by atoms with Crippen LogP contribution in [-0.2, 0) is 21.4 Å². The summed E-state index contributed by atoms with van der Waals surface area (Å²) in [4.78, 5) is 15.5. The summed E-state index contributed by atoms with van der Waals surface area (Å²) in [5, 5.41) is 3.42. The first-order valence-electron chi connectivity index (χ1n) is 10.8. The number of hydrogen-bond donors (Lipinski definition) is 1. The van der Waals surface area contributed by atoms with Crippen LogP contribution >= 0.6 is 11.6 Å². The van der Waals surface area contributed by atoms with Crippen LogP contribution in [0.3, 0.4) is 0 Å². The lowest BCUT2D eigenvalue weighted by Gasteiger charge is -2.38. The molecule has 1 heterocycles. The highest BCUT2D eigenvalue weighted by atomic mass is 35.5. The molecule has 1 fully saturated rings. The maximum atomic E-state index is 13.3. The lowest BCUT2D eigenvalue weighted by Crippen LogP contribution is -2.52. The van der Waals surface area contributed by atoms with Crippen molar-refractivity contribution in [2.24, 2.45) is 0 Å². The maximum Gasteiger partial charge on any atom is 0.243 e. The molecule has 6 nitrogen and oxygen atoms in total. The smallest absolute Gasteiger partial charge is 0.243 e. The summed E-state index contributed by atoms with van der Waals surface area (Å²) < 4.78 is 27.6. The summed E-state index contributed by atoms with van der Waals surface area (Å²) in [7, 11) is -3.64. The summed E-state index contributed by atoms with van der Waals surface area (Å²) in [5.74, 6) is -0.101. The summed E-state index contributed by atoms with van der Waals surface area (Å²) in [6, 6.07) is 25.2. The fraction of sp³-hybridized carbons (Fsp3) is 0.240. The maximum absolute atomic E-state index is 13.3. The largest absolute Gasteiger partial charge is 0.350 e. The second-order valence-corrected chi connectivity index (χ2v) is 10.3. The SMILES string of the molecule is O=C(NCc1ccccc1)C(c1ccccc1)N1CCN(S(=O)(=O)c2cccc(Cl)c2)CC1. The van der Waals surface area contributed by atoms with Crippen molar-refractivity contribution in [2.45, 2.75) is 17.5 Å². The van der Waals surface area contributed by atoms with Crippen LogP contribution in [0.4, 0.5) is 0 Å². The van der Waals surface area contributed by atoms with Gasteiger partial charge in [0.05, 0.1) is 4.90 Å². The Morgan fingerprint density at radius 1 is 0.879 bits per heavy atom. The van der Waals surface area contributed by atoms with E-state index in [9.17, 15) is 13.2 Å². The van der Waals surface area contributed by atoms with E-state index in [4.69, 9.17) is 11.6 Å². The van der Waals surface area contributed by atoms with E-state index in [0.29, 0.717) is 37.7 Å². The highest BCUT2D eigenvalue weighted by Gasteiger charge is 2.34. The zero-order chi connectivity index (χ0) is 23.3. The van der Waals surface area contributed by atoms with Crippen LogP contribution in [0.15, 0.2) is 89.8 Å². The van der Waals surface area contributed by atoms with E-state index >= 15 is 0 Å². The molecule has 1 amide bonds. The van der Waals surface area contributed by atoms with Crippen molar-refractivity contribution in [3.63, 3.8) is 0 Å². The zero-order valence-electron chi connectivity index (χ0n) is 18.1. The van der Waals surface area contributed by atoms with E-state index in [1.165, 1.54) is 10.4 Å². The van der Waals surface area contributed by atoms with Crippen molar-refractivity contribution in [3.05, 3.63) is 101 Å². The molecular weight excluding hydrogens is 458 g/mol. The third kappa shape index (κ3) is 5.62. The van der Waals surface area contributed by atoms with Gasteiger partial charge in [0.15, 0.2) is 0 Å². The van der Waals surface area contributed by atoms with Crippen molar-refractivity contribution >= 4 is 27.5 Å². The topological polar surface area (TPSA) is 69.7 Å². The molecule has 0 bridgehead atoms. The molecule has 4 rings (SSSR count). The van der Waals surface area contributed by atoms with Crippen LogP contribution in [0.2, 0.25) is 5.02 Å². The van der Waals surface area contributed by atoms with Gasteiger partial charge in [0.1, 0.15) is 6.04 Å². The van der Waals surface area contributed by atoms with Crippen molar-refractivity contribution in [1.82, 2.24) is 14.5 Å². The third-order valence-corrected chi connectivity index (χ3v) is 7.88. The van der Waals surface area contributed by atoms with Gasteiger partial charge in [0.2, 0.25) is 15.9 Å². The molecule has 3 aromatic carbocycles. The highest BCUT2D eigenvalue weighted by Crippen LogP contribution is 2.26. The summed E-state index contributed by atoms with van der Waals surface area (Å²) in [6.45, 7) is 1.91. The Bertz CT molecular complexity index is 1180. The molecule has 8 heteroatoms. The molecule has 3 aromatic rings. The Labute approximate surface area is 199 Å². The first-order valence-corrected chi connectivity index (χ1v) is 12.6. The molecule has 1 unspecified atom stereocenters. The molecule has 33 heavy (non-hydrogen) atoms. The zero-order valence-corrected chi connectivity index (χ0v) is 19.7. The van der Waals surface area contributed by atoms with Crippen LogP contribution in [0.25, 0.3) is 0 Å². The highest BCUT2D eigenvalue weighted by molar-refractivity contribution is 7.89. The number of amides is 1. The molecule has 1 N–H and O–H groups in total. The second kappa shape index (κ2) is 10.5. The van der Waals surface area contributed by atoms with E-state index in [0.717, 1.165) is 11.1 Å². The predicted molar refractivity (Wildman–Crippen MR) is 129 cm³/mol. The minimum atomic E-state index is -3.64. The van der Waals surface area contributed by atoms with Gasteiger partial charge in [-0.1, -0.05) is 78.3 Å². The molecule has 0 aromatic heterocycles. The normalized spacial score (nSPS) is 16.3. The van der Waals surface area contributed by atoms with Gasteiger partial charge in [-0.3, -0.25) is 9.69 Å². The molecule has 0 radical (unpaired) electrons. The first kappa shape index (κ1) is 23.4. The lowest BCUT2D eigenvalue weighted by atomic mass is 10.0. The number of benzene rings is 3. The van der Waals surface area contributed by atoms with Gasteiger partial charge in [0, 0.05) is 37.7 Å². The van der Waals surface area contributed by atoms with Crippen LogP contribution in [-0.4, -0.2) is 49.7 Å². The Hall–Kier alpha value is -2.71. The number of carbonyl (C=O) groups excluding carboxylic acids is 1. The van der Waals surface area contributed by atoms with Crippen LogP contribution in [0, 0.1) is 0 Å². The predicted octanol–water partition coefficient (Wildman–Crippen LogP) is 3.70. The Morgan fingerprint density at radius 2 is 1.52 bits per heavy atom. The van der Waals surface area contributed by atoms with Crippen LogP contribution < -0.4 is 5.32 Å². The van der Waals surface area contributed by atoms with Gasteiger partial charge < -0.3 is 5.32 Å². The van der Waals surface area contributed by atoms with Crippen molar-refractivity contribution in [1.29, 1.82) is 0 Å². The number of sulfonamides is 1. The lowest BCUT2D eigenvalue weighted by molar-refractivity contribution is -0.127. The number of piperazine rings is 1. The average Bonchev–Trinajstić information content (AvgIpc) is 2.84. The van der Waals surface area contributed by atoms with Gasteiger partial charge in [-0.2, -0.15) is 4.31 Å². The number of nitrogens with one attached hydrogen (secondary N) is 1. The molecule has 172 valence electrons. The van der Waals surface area contributed by atoms with E-state index in [-0.39, 0.29) is 10.8 Å². The molecule has 0 aliphatic carbocycles. The standard InChI is InChI=1S/C25H26ClN3O3S/c26-22-12-7-13-23(18-22)33(31,32)29-16-14-28(15-17-29)24(21-10-5-2-6-11-21)25(30)27-19-20-8-3-1-4-9-20/h1-13,18,24H,14-17,19H2,(H,27,30). The third-order valence-electron chi connectivity index (χ3n) is 5.75. The molecule has 1 saturated heterocycles. The Morgan fingerprint density at radius 3 is 2.15 bits per heavy atom. The monoisotopic (exact) mass is 483 g/mol. The van der Waals surface area contributed by atoms with Gasteiger partial charge in [-0.15, -0.1) is 0 Å². The number of carbonyl (C=O) groups is 1. The second-order valence-electron chi connectivity index (χ2n) is 7.91. The molecule has 1 aliphatic rings. The first-order chi connectivity index (χ1) is 15.9. The molecular formula is C25H26ClN3O3S. The molecule has 0 saturated carbocycles. The van der Waals surface area contributed by atoms with Gasteiger partial charge in [0.25, 0.3) is 0 Å². The number of rotatable bonds is 7. The molecule has 1 atom stereocenters. The minimum absolute atomic E-state index is 0.101. The van der Waals surface area contributed by atoms with Crippen LogP contribution in [0.1, 0.15) is 17.2 Å². The fourth-order valence-electron chi connectivity index (χ4n) is 4.02. The summed E-state index contributed by atoms with van der Waals surface area (Å²) >= 11 is 6.00. The number of hydrogen-bond acceptors (Lipinski definition) is 4. The van der Waals surface area contributed by atoms with E-state index < -0.39 is 16.1 Å². The van der Waals surface area contributed by atoms with Crippen LogP contribution in [0.5, 0.6) is 0 Å². The number of nitrogens with zero attached hydrogens (tertiary/aromatic N) is 2. The van der Waals surface area contributed by atoms with E-state index in [1.807, 2.05) is 65.6 Å². The molecule has 0 spiro atoms. The Balaban J connectivity index is 1.48. The van der Waals surface area contributed by atoms with Gasteiger partial charge >= 0.3 is 0 Å². The van der Waals surface area contributed by atoms with Gasteiger partial charge in [-0.25, -0.2) is 8.42 Å². The van der Waals surface area contributed by atoms with Crippen molar-refractivity contribution < 1.29 is 13.2 Å². The van der Waals surface area contributed by atoms with Crippen molar-refractivity contribution in [2.75, 3.05) is 26.2 Å². The summed E-state index contributed by atoms with van der Waals surface area (Å²) in [6.07, 6.45) is 0. The molecule has 1 aliphatic heterocycles. The quantitative estimate of drug-likeness (QED) is 0.556. The fourth-order valence-corrected chi connectivity index (χ4v) is 5.75. The van der Waals surface area contributed by atoms with E-state index in [2.05, 4.69) is 5.32 Å². The summed E-state index contributed by atoms with van der Waals surface area (Å²) in [5.41, 5.74) is 1.91. The number of halogens is 1. The van der Waals surface area contributed by atoms with Gasteiger partial charge in [-0.05, 0) is 29.3 Å². The average molecular weight is 484 g/mol. The van der Waals surface area contributed by atoms with Crippen molar-refractivity contribution in [3.8, 4) is 0 Å². The Kier molecular flexibility index (Phi) is 7.45.